The van der Waals surface area contributed by atoms with Gasteiger partial charge in [-0.2, -0.15) is 0 Å². The van der Waals surface area contributed by atoms with Gasteiger partial charge in [-0.15, -0.1) is 0 Å². The highest BCUT2D eigenvalue weighted by Gasteiger charge is 2.35. The van der Waals surface area contributed by atoms with Crippen molar-refractivity contribution in [2.75, 3.05) is 12.4 Å². The Morgan fingerprint density at radius 3 is 2.23 bits per heavy atom. The number of benzene rings is 2. The Bertz CT molecular complexity index is 1010. The molecular formula is C27H35N3O5. The van der Waals surface area contributed by atoms with Crippen LogP contribution in [0.1, 0.15) is 39.7 Å². The number of carbonyl (C=O) groups is 3. The maximum absolute atomic E-state index is 13.0. The fraction of sp³-hybridized carbons (Fsp3) is 0.370. The van der Waals surface area contributed by atoms with Gasteiger partial charge in [0.1, 0.15) is 11.8 Å². The van der Waals surface area contributed by atoms with E-state index in [4.69, 9.17) is 4.74 Å². The van der Waals surface area contributed by atoms with Crippen LogP contribution in [-0.4, -0.2) is 52.6 Å². The number of amides is 3. The number of ether oxygens (including phenoxy) is 1. The Kier molecular flexibility index (Phi) is 9.87. The number of carbonyl (C=O) groups excluding carboxylic acids is 2. The summed E-state index contributed by atoms with van der Waals surface area (Å²) in [6.45, 7) is 6.77. The molecule has 0 aliphatic rings. The molecule has 0 bridgehead atoms. The molecule has 2 rings (SSSR count). The zero-order valence-electron chi connectivity index (χ0n) is 20.9. The Morgan fingerprint density at radius 1 is 1.06 bits per heavy atom. The Morgan fingerprint density at radius 2 is 1.69 bits per heavy atom. The monoisotopic (exact) mass is 481 g/mol. The highest BCUT2D eigenvalue weighted by atomic mass is 16.5. The standard InChI is InChI=1S/C27H35N3O5/c1-19(30(26(33)34)27(2,3)4)25(32)29-22(12-11-20-9-7-6-8-10-20)15-18-24(31)28-21-13-16-23(35-5)17-14-21/h6-10,13-19,22H,11-12H2,1-5H3,(H,28,31)(H,29,32)(H,33,34)/t19-,22-/m0/s1. The molecule has 2 atom stereocenters. The van der Waals surface area contributed by atoms with Crippen molar-refractivity contribution in [3.8, 4) is 5.75 Å². The lowest BCUT2D eigenvalue weighted by Crippen LogP contribution is -2.56. The van der Waals surface area contributed by atoms with Crippen molar-refractivity contribution >= 4 is 23.6 Å². The van der Waals surface area contributed by atoms with E-state index in [0.717, 1.165) is 10.5 Å². The van der Waals surface area contributed by atoms with Crippen molar-refractivity contribution in [2.24, 2.45) is 0 Å². The fourth-order valence-electron chi connectivity index (χ4n) is 3.70. The molecule has 0 radical (unpaired) electrons. The summed E-state index contributed by atoms with van der Waals surface area (Å²) < 4.78 is 5.12. The summed E-state index contributed by atoms with van der Waals surface area (Å²) in [6, 6.07) is 15.4. The van der Waals surface area contributed by atoms with Gasteiger partial charge in [-0.05, 0) is 70.4 Å². The average Bonchev–Trinajstić information content (AvgIpc) is 2.80. The molecular weight excluding hydrogens is 446 g/mol. The highest BCUT2D eigenvalue weighted by Crippen LogP contribution is 2.18. The molecule has 8 heteroatoms. The molecule has 3 amide bonds. The Balaban J connectivity index is 2.13. The largest absolute Gasteiger partial charge is 0.497 e. The van der Waals surface area contributed by atoms with Crippen molar-refractivity contribution in [1.29, 1.82) is 0 Å². The first kappa shape index (κ1) is 27.4. The van der Waals surface area contributed by atoms with Crippen molar-refractivity contribution in [3.05, 3.63) is 72.3 Å². The molecule has 8 nitrogen and oxygen atoms in total. The second-order valence-corrected chi connectivity index (χ2v) is 9.22. The van der Waals surface area contributed by atoms with Crippen LogP contribution in [0.25, 0.3) is 0 Å². The van der Waals surface area contributed by atoms with E-state index < -0.39 is 29.6 Å². The van der Waals surface area contributed by atoms with E-state index in [9.17, 15) is 19.5 Å². The molecule has 0 unspecified atom stereocenters. The van der Waals surface area contributed by atoms with Gasteiger partial charge in [0, 0.05) is 23.3 Å². The van der Waals surface area contributed by atoms with Gasteiger partial charge in [0.25, 0.3) is 0 Å². The first-order chi connectivity index (χ1) is 16.5. The van der Waals surface area contributed by atoms with Gasteiger partial charge in [0.2, 0.25) is 11.8 Å². The number of nitrogens with one attached hydrogen (secondary N) is 2. The predicted molar refractivity (Wildman–Crippen MR) is 137 cm³/mol. The van der Waals surface area contributed by atoms with Crippen LogP contribution in [0.5, 0.6) is 5.75 Å². The second-order valence-electron chi connectivity index (χ2n) is 9.22. The first-order valence-electron chi connectivity index (χ1n) is 11.5. The van der Waals surface area contributed by atoms with Crippen LogP contribution < -0.4 is 15.4 Å². The normalized spacial score (nSPS) is 13.1. The molecule has 2 aromatic rings. The predicted octanol–water partition coefficient (Wildman–Crippen LogP) is 4.47. The summed E-state index contributed by atoms with van der Waals surface area (Å²) in [5.41, 5.74) is 0.954. The summed E-state index contributed by atoms with van der Waals surface area (Å²) in [6.07, 6.45) is 3.05. The minimum atomic E-state index is -1.17. The van der Waals surface area contributed by atoms with Crippen LogP contribution in [0.4, 0.5) is 10.5 Å². The molecule has 0 saturated carbocycles. The van der Waals surface area contributed by atoms with Crippen molar-refractivity contribution in [2.45, 2.75) is 58.2 Å². The number of nitrogens with zero attached hydrogens (tertiary/aromatic N) is 1. The Hall–Kier alpha value is -3.81. The third kappa shape index (κ3) is 8.81. The van der Waals surface area contributed by atoms with E-state index >= 15 is 0 Å². The molecule has 2 aromatic carbocycles. The van der Waals surface area contributed by atoms with Crippen molar-refractivity contribution in [3.63, 3.8) is 0 Å². The number of hydrogen-bond donors (Lipinski definition) is 3. The second kappa shape index (κ2) is 12.6. The molecule has 35 heavy (non-hydrogen) atoms. The van der Waals surface area contributed by atoms with E-state index in [1.54, 1.807) is 65.1 Å². The topological polar surface area (TPSA) is 108 Å². The molecule has 0 heterocycles. The third-order valence-electron chi connectivity index (χ3n) is 5.45. The van der Waals surface area contributed by atoms with Crippen LogP contribution in [0.15, 0.2) is 66.7 Å². The Labute approximate surface area is 207 Å². The number of carboxylic acid groups (broad SMARTS) is 1. The van der Waals surface area contributed by atoms with E-state index in [0.29, 0.717) is 24.3 Å². The molecule has 0 spiro atoms. The van der Waals surface area contributed by atoms with Crippen LogP contribution in [0.2, 0.25) is 0 Å². The van der Waals surface area contributed by atoms with Gasteiger partial charge in [0.05, 0.1) is 7.11 Å². The smallest absolute Gasteiger partial charge is 0.408 e. The number of methoxy groups -OCH3 is 1. The summed E-state index contributed by atoms with van der Waals surface area (Å²) in [5, 5.41) is 15.3. The van der Waals surface area contributed by atoms with Crippen LogP contribution in [0.3, 0.4) is 0 Å². The average molecular weight is 482 g/mol. The van der Waals surface area contributed by atoms with Gasteiger partial charge in [-0.1, -0.05) is 36.4 Å². The quantitative estimate of drug-likeness (QED) is 0.434. The van der Waals surface area contributed by atoms with Gasteiger partial charge in [0.15, 0.2) is 0 Å². The lowest BCUT2D eigenvalue weighted by atomic mass is 10.0. The van der Waals surface area contributed by atoms with Crippen LogP contribution in [0, 0.1) is 0 Å². The van der Waals surface area contributed by atoms with Gasteiger partial charge < -0.3 is 20.5 Å². The van der Waals surface area contributed by atoms with Gasteiger partial charge in [-0.25, -0.2) is 4.79 Å². The summed E-state index contributed by atoms with van der Waals surface area (Å²) in [7, 11) is 1.57. The minimum absolute atomic E-state index is 0.343. The van der Waals surface area contributed by atoms with Gasteiger partial charge >= 0.3 is 6.09 Å². The molecule has 0 aliphatic carbocycles. The number of aryl methyl sites for hydroxylation is 1. The third-order valence-corrected chi connectivity index (χ3v) is 5.45. The molecule has 0 fully saturated rings. The summed E-state index contributed by atoms with van der Waals surface area (Å²) >= 11 is 0. The maximum Gasteiger partial charge on any atom is 0.408 e. The zero-order chi connectivity index (χ0) is 26.0. The lowest BCUT2D eigenvalue weighted by molar-refractivity contribution is -0.127. The van der Waals surface area contributed by atoms with Crippen molar-refractivity contribution < 1.29 is 24.2 Å². The zero-order valence-corrected chi connectivity index (χ0v) is 20.9. The minimum Gasteiger partial charge on any atom is -0.497 e. The molecule has 0 saturated heterocycles. The van der Waals surface area contributed by atoms with Gasteiger partial charge in [-0.3, -0.25) is 14.5 Å². The van der Waals surface area contributed by atoms with E-state index in [1.807, 2.05) is 30.3 Å². The van der Waals surface area contributed by atoms with Crippen LogP contribution >= 0.6 is 0 Å². The molecule has 3 N–H and O–H groups in total. The fourth-order valence-corrected chi connectivity index (χ4v) is 3.70. The molecule has 0 aromatic heterocycles. The van der Waals surface area contributed by atoms with E-state index in [1.165, 1.54) is 6.08 Å². The lowest BCUT2D eigenvalue weighted by Gasteiger charge is -2.37. The molecule has 0 aliphatic heterocycles. The van der Waals surface area contributed by atoms with E-state index in [2.05, 4.69) is 10.6 Å². The number of rotatable bonds is 10. The number of hydrogen-bond acceptors (Lipinski definition) is 4. The summed E-state index contributed by atoms with van der Waals surface area (Å²) in [4.78, 5) is 38.4. The first-order valence-corrected chi connectivity index (χ1v) is 11.5. The van der Waals surface area contributed by atoms with E-state index in [-0.39, 0.29) is 5.91 Å². The maximum atomic E-state index is 13.0. The summed E-state index contributed by atoms with van der Waals surface area (Å²) in [5.74, 6) is -0.0911. The number of anilines is 1. The molecule has 188 valence electrons. The SMILES string of the molecule is COc1ccc(NC(=O)C=C[C@H](CCc2ccccc2)NC(=O)[C@H](C)N(C(=O)O)C(C)(C)C)cc1. The van der Waals surface area contributed by atoms with Crippen LogP contribution in [-0.2, 0) is 16.0 Å². The highest BCUT2D eigenvalue weighted by molar-refractivity contribution is 5.99. The van der Waals surface area contributed by atoms with Crippen molar-refractivity contribution in [1.82, 2.24) is 10.2 Å².